The van der Waals surface area contributed by atoms with E-state index in [1.807, 2.05) is 0 Å². The highest BCUT2D eigenvalue weighted by Gasteiger charge is 2.16. The predicted molar refractivity (Wildman–Crippen MR) is 65.8 cm³/mol. The van der Waals surface area contributed by atoms with Crippen molar-refractivity contribution in [1.29, 1.82) is 0 Å². The third-order valence-electron chi connectivity index (χ3n) is 3.01. The average Bonchev–Trinajstić information content (AvgIpc) is 2.74. The van der Waals surface area contributed by atoms with Crippen molar-refractivity contribution in [2.45, 2.75) is 32.1 Å². The molecule has 0 bridgehead atoms. The maximum atomic E-state index is 11.7. The van der Waals surface area contributed by atoms with Crippen LogP contribution in [-0.2, 0) is 14.6 Å². The van der Waals surface area contributed by atoms with E-state index in [9.17, 15) is 13.2 Å². The number of hydrogen-bond donors (Lipinski definition) is 1. The zero-order valence-electron chi connectivity index (χ0n) is 10.1. The van der Waals surface area contributed by atoms with Crippen molar-refractivity contribution in [3.63, 3.8) is 0 Å². The van der Waals surface area contributed by atoms with Crippen LogP contribution in [0.25, 0.3) is 0 Å². The summed E-state index contributed by atoms with van der Waals surface area (Å²) in [5.41, 5.74) is 0. The molecule has 0 atom stereocenters. The summed E-state index contributed by atoms with van der Waals surface area (Å²) in [5, 5.41) is 8.43. The van der Waals surface area contributed by atoms with Crippen molar-refractivity contribution in [1.82, 2.24) is 4.90 Å². The van der Waals surface area contributed by atoms with Gasteiger partial charge in [0.25, 0.3) is 0 Å². The number of carboxylic acids is 1. The summed E-state index contributed by atoms with van der Waals surface area (Å²) in [4.78, 5) is 12.4. The largest absolute Gasteiger partial charge is 0.481 e. The van der Waals surface area contributed by atoms with E-state index in [-0.39, 0.29) is 17.9 Å². The van der Waals surface area contributed by atoms with E-state index in [4.69, 9.17) is 5.11 Å². The molecular formula is C11H21NO4S. The predicted octanol–water partition coefficient (Wildman–Crippen LogP) is 0.752. The maximum absolute atomic E-state index is 11.7. The molecule has 5 nitrogen and oxygen atoms in total. The molecule has 6 heteroatoms. The first kappa shape index (κ1) is 14.4. The van der Waals surface area contributed by atoms with Crippen LogP contribution in [0.3, 0.4) is 0 Å². The number of rotatable bonds is 8. The number of carboxylic acid groups (broad SMARTS) is 1. The Labute approximate surface area is 103 Å². The van der Waals surface area contributed by atoms with E-state index in [1.165, 1.54) is 12.8 Å². The Hall–Kier alpha value is -0.620. The fourth-order valence-corrected chi connectivity index (χ4v) is 3.36. The van der Waals surface area contributed by atoms with E-state index in [1.54, 1.807) is 0 Å². The molecule has 1 saturated heterocycles. The number of aliphatic carboxylic acids is 1. The smallest absolute Gasteiger partial charge is 0.303 e. The van der Waals surface area contributed by atoms with Crippen molar-refractivity contribution < 1.29 is 18.3 Å². The molecule has 0 aliphatic carbocycles. The van der Waals surface area contributed by atoms with Crippen LogP contribution in [0, 0.1) is 0 Å². The summed E-state index contributed by atoms with van der Waals surface area (Å²) in [6.07, 6.45) is 3.28. The van der Waals surface area contributed by atoms with E-state index in [0.717, 1.165) is 13.1 Å². The molecule has 0 spiro atoms. The SMILES string of the molecule is O=C(O)CCCCS(=O)(=O)CCN1CCCC1. The minimum Gasteiger partial charge on any atom is -0.481 e. The van der Waals surface area contributed by atoms with Crippen molar-refractivity contribution in [3.05, 3.63) is 0 Å². The molecule has 0 radical (unpaired) electrons. The van der Waals surface area contributed by atoms with Crippen molar-refractivity contribution >= 4 is 15.8 Å². The zero-order valence-corrected chi connectivity index (χ0v) is 10.9. The van der Waals surface area contributed by atoms with E-state index >= 15 is 0 Å². The molecule has 0 saturated carbocycles. The monoisotopic (exact) mass is 263 g/mol. The minimum atomic E-state index is -3.00. The molecule has 0 unspecified atom stereocenters. The second kappa shape index (κ2) is 6.96. The molecular weight excluding hydrogens is 242 g/mol. The van der Waals surface area contributed by atoms with E-state index < -0.39 is 15.8 Å². The first-order valence-corrected chi connectivity index (χ1v) is 7.96. The Balaban J connectivity index is 2.14. The molecule has 17 heavy (non-hydrogen) atoms. The lowest BCUT2D eigenvalue weighted by Gasteiger charge is -2.14. The molecule has 1 heterocycles. The first-order valence-electron chi connectivity index (χ1n) is 6.14. The van der Waals surface area contributed by atoms with Gasteiger partial charge in [-0.25, -0.2) is 8.42 Å². The lowest BCUT2D eigenvalue weighted by molar-refractivity contribution is -0.137. The van der Waals surface area contributed by atoms with Gasteiger partial charge in [0.15, 0.2) is 9.84 Å². The lowest BCUT2D eigenvalue weighted by Crippen LogP contribution is -2.27. The highest BCUT2D eigenvalue weighted by Crippen LogP contribution is 2.08. The molecule has 0 aromatic carbocycles. The van der Waals surface area contributed by atoms with Crippen LogP contribution in [0.1, 0.15) is 32.1 Å². The Morgan fingerprint density at radius 2 is 1.76 bits per heavy atom. The van der Waals surface area contributed by atoms with Crippen LogP contribution in [-0.4, -0.2) is 55.5 Å². The van der Waals surface area contributed by atoms with Gasteiger partial charge in [-0.3, -0.25) is 4.79 Å². The third kappa shape index (κ3) is 6.63. The fourth-order valence-electron chi connectivity index (χ4n) is 1.97. The van der Waals surface area contributed by atoms with Gasteiger partial charge in [-0.15, -0.1) is 0 Å². The number of likely N-dealkylation sites (tertiary alicyclic amines) is 1. The number of nitrogens with zero attached hydrogens (tertiary/aromatic N) is 1. The standard InChI is InChI=1S/C11H21NO4S/c13-11(14)5-1-4-9-17(15,16)10-8-12-6-2-3-7-12/h1-10H2,(H,13,14). The van der Waals surface area contributed by atoms with Crippen LogP contribution in [0.15, 0.2) is 0 Å². The molecule has 100 valence electrons. The molecule has 1 fully saturated rings. The van der Waals surface area contributed by atoms with Gasteiger partial charge in [-0.1, -0.05) is 0 Å². The number of unbranched alkanes of at least 4 members (excludes halogenated alkanes) is 1. The molecule has 1 aliphatic rings. The minimum absolute atomic E-state index is 0.0572. The van der Waals surface area contributed by atoms with Gasteiger partial charge < -0.3 is 10.0 Å². The summed E-state index contributed by atoms with van der Waals surface area (Å²) in [6, 6.07) is 0. The topological polar surface area (TPSA) is 74.7 Å². The molecule has 0 aromatic rings. The number of carbonyl (C=O) groups is 1. The molecule has 1 aliphatic heterocycles. The summed E-state index contributed by atoms with van der Waals surface area (Å²) < 4.78 is 23.3. The van der Waals surface area contributed by atoms with Crippen molar-refractivity contribution in [2.75, 3.05) is 31.1 Å². The Bertz CT molecular complexity index is 333. The summed E-state index contributed by atoms with van der Waals surface area (Å²) in [7, 11) is -3.00. The van der Waals surface area contributed by atoms with E-state index in [2.05, 4.69) is 4.90 Å². The van der Waals surface area contributed by atoms with Crippen LogP contribution in [0.2, 0.25) is 0 Å². The summed E-state index contributed by atoms with van der Waals surface area (Å²) >= 11 is 0. The second-order valence-electron chi connectivity index (χ2n) is 4.55. The van der Waals surface area contributed by atoms with Gasteiger partial charge in [-0.05, 0) is 38.8 Å². The van der Waals surface area contributed by atoms with Gasteiger partial charge in [0, 0.05) is 13.0 Å². The Morgan fingerprint density at radius 3 is 2.35 bits per heavy atom. The van der Waals surface area contributed by atoms with Crippen LogP contribution >= 0.6 is 0 Å². The molecule has 0 aromatic heterocycles. The average molecular weight is 263 g/mol. The maximum Gasteiger partial charge on any atom is 0.303 e. The fraction of sp³-hybridized carbons (Fsp3) is 0.909. The van der Waals surface area contributed by atoms with Crippen molar-refractivity contribution in [3.8, 4) is 0 Å². The molecule has 1 rings (SSSR count). The lowest BCUT2D eigenvalue weighted by atomic mass is 10.3. The van der Waals surface area contributed by atoms with Crippen LogP contribution in [0.4, 0.5) is 0 Å². The Kier molecular flexibility index (Phi) is 5.91. The summed E-state index contributed by atoms with van der Waals surface area (Å²) in [5.74, 6) is -0.534. The molecule has 1 N–H and O–H groups in total. The summed E-state index contributed by atoms with van der Waals surface area (Å²) in [6.45, 7) is 2.64. The number of hydrogen-bond acceptors (Lipinski definition) is 4. The Morgan fingerprint density at radius 1 is 1.12 bits per heavy atom. The van der Waals surface area contributed by atoms with Gasteiger partial charge in [0.1, 0.15) is 0 Å². The zero-order chi connectivity index (χ0) is 12.7. The van der Waals surface area contributed by atoms with Gasteiger partial charge in [-0.2, -0.15) is 0 Å². The van der Waals surface area contributed by atoms with Crippen molar-refractivity contribution in [2.24, 2.45) is 0 Å². The van der Waals surface area contributed by atoms with Gasteiger partial charge in [0.05, 0.1) is 11.5 Å². The first-order chi connectivity index (χ1) is 7.99. The third-order valence-corrected chi connectivity index (χ3v) is 4.73. The normalized spacial score (nSPS) is 17.4. The van der Waals surface area contributed by atoms with Gasteiger partial charge >= 0.3 is 5.97 Å². The number of sulfone groups is 1. The molecule has 0 amide bonds. The van der Waals surface area contributed by atoms with E-state index in [0.29, 0.717) is 19.4 Å². The highest BCUT2D eigenvalue weighted by molar-refractivity contribution is 7.91. The highest BCUT2D eigenvalue weighted by atomic mass is 32.2. The van der Waals surface area contributed by atoms with Crippen LogP contribution in [0.5, 0.6) is 0 Å². The quantitative estimate of drug-likeness (QED) is 0.654. The second-order valence-corrected chi connectivity index (χ2v) is 6.86. The van der Waals surface area contributed by atoms with Crippen LogP contribution < -0.4 is 0 Å². The van der Waals surface area contributed by atoms with Gasteiger partial charge in [0.2, 0.25) is 0 Å².